The molecule has 1 aromatic rings. The van der Waals surface area contributed by atoms with Gasteiger partial charge in [-0.1, -0.05) is 6.07 Å². The zero-order valence-electron chi connectivity index (χ0n) is 20.3. The molecule has 1 unspecified atom stereocenters. The minimum absolute atomic E-state index is 0.0607. The molecule has 1 saturated heterocycles. The number of benzene rings is 1. The van der Waals surface area contributed by atoms with E-state index in [0.717, 1.165) is 18.7 Å². The van der Waals surface area contributed by atoms with Crippen molar-refractivity contribution >= 4 is 11.9 Å². The molecule has 32 heavy (non-hydrogen) atoms. The van der Waals surface area contributed by atoms with Crippen LogP contribution in [0.15, 0.2) is 23.2 Å². The van der Waals surface area contributed by atoms with Crippen LogP contribution in [0.4, 0.5) is 0 Å². The third-order valence-electron chi connectivity index (χ3n) is 4.98. The largest absolute Gasteiger partial charge is 0.493 e. The van der Waals surface area contributed by atoms with Gasteiger partial charge in [-0.05, 0) is 45.4 Å². The molecule has 180 valence electrons. The molecule has 0 aliphatic carbocycles. The van der Waals surface area contributed by atoms with Crippen molar-refractivity contribution in [3.63, 3.8) is 0 Å². The SMILES string of the molecule is CCNC(=NCC(=O)NC(C)(C)C)NCC(c1ccc(OC)c(OC)c1)N1CCOCC1. The van der Waals surface area contributed by atoms with Gasteiger partial charge in [0.1, 0.15) is 6.54 Å². The van der Waals surface area contributed by atoms with Gasteiger partial charge >= 0.3 is 0 Å². The van der Waals surface area contributed by atoms with E-state index in [0.29, 0.717) is 43.8 Å². The molecule has 0 saturated carbocycles. The van der Waals surface area contributed by atoms with Crippen LogP contribution in [0.2, 0.25) is 0 Å². The minimum Gasteiger partial charge on any atom is -0.493 e. The third kappa shape index (κ3) is 8.20. The number of carbonyl (C=O) groups is 1. The molecule has 2 rings (SSSR count). The highest BCUT2D eigenvalue weighted by Gasteiger charge is 2.24. The molecular formula is C23H39N5O4. The monoisotopic (exact) mass is 449 g/mol. The van der Waals surface area contributed by atoms with Gasteiger partial charge in [-0.15, -0.1) is 0 Å². The maximum Gasteiger partial charge on any atom is 0.242 e. The summed E-state index contributed by atoms with van der Waals surface area (Å²) >= 11 is 0. The number of guanidine groups is 1. The molecule has 0 radical (unpaired) electrons. The molecule has 1 aromatic carbocycles. The normalized spacial score (nSPS) is 16.2. The Labute approximate surface area is 191 Å². The zero-order chi connectivity index (χ0) is 23.6. The van der Waals surface area contributed by atoms with Gasteiger partial charge in [0.15, 0.2) is 17.5 Å². The number of hydrogen-bond acceptors (Lipinski definition) is 6. The number of rotatable bonds is 9. The number of ether oxygens (including phenoxy) is 3. The standard InChI is InChI=1S/C23H39N5O4/c1-7-24-22(26-16-21(29)27-23(2,3)4)25-15-18(28-10-12-32-13-11-28)17-8-9-19(30-5)20(14-17)31-6/h8-9,14,18H,7,10-13,15-16H2,1-6H3,(H,27,29)(H2,24,25,26). The van der Waals surface area contributed by atoms with Crippen LogP contribution < -0.4 is 25.4 Å². The molecule has 9 nitrogen and oxygen atoms in total. The van der Waals surface area contributed by atoms with E-state index in [1.165, 1.54) is 0 Å². The van der Waals surface area contributed by atoms with Crippen LogP contribution in [0.25, 0.3) is 0 Å². The van der Waals surface area contributed by atoms with E-state index in [1.807, 2.05) is 39.8 Å². The second-order valence-corrected chi connectivity index (χ2v) is 8.65. The Bertz CT molecular complexity index is 757. The molecule has 1 aliphatic heterocycles. The van der Waals surface area contributed by atoms with Crippen LogP contribution in [-0.2, 0) is 9.53 Å². The lowest BCUT2D eigenvalue weighted by Crippen LogP contribution is -2.47. The van der Waals surface area contributed by atoms with E-state index in [2.05, 4.69) is 31.9 Å². The van der Waals surface area contributed by atoms with Crippen molar-refractivity contribution in [2.75, 3.05) is 60.2 Å². The van der Waals surface area contributed by atoms with E-state index < -0.39 is 0 Å². The van der Waals surface area contributed by atoms with Crippen molar-refractivity contribution in [3.8, 4) is 11.5 Å². The predicted octanol–water partition coefficient (Wildman–Crippen LogP) is 1.55. The first-order valence-electron chi connectivity index (χ1n) is 11.1. The maximum absolute atomic E-state index is 12.2. The number of nitrogens with zero attached hydrogens (tertiary/aromatic N) is 2. The highest BCUT2D eigenvalue weighted by molar-refractivity contribution is 5.85. The number of morpholine rings is 1. The summed E-state index contributed by atoms with van der Waals surface area (Å²) < 4.78 is 16.5. The average Bonchev–Trinajstić information content (AvgIpc) is 2.76. The van der Waals surface area contributed by atoms with Gasteiger partial charge in [0.2, 0.25) is 5.91 Å². The lowest BCUT2D eigenvalue weighted by molar-refractivity contribution is -0.121. The molecule has 1 amide bonds. The smallest absolute Gasteiger partial charge is 0.242 e. The van der Waals surface area contributed by atoms with Crippen molar-refractivity contribution in [2.24, 2.45) is 4.99 Å². The van der Waals surface area contributed by atoms with Crippen LogP contribution in [0.1, 0.15) is 39.3 Å². The highest BCUT2D eigenvalue weighted by Crippen LogP contribution is 2.32. The van der Waals surface area contributed by atoms with Crippen LogP contribution in [0, 0.1) is 0 Å². The second-order valence-electron chi connectivity index (χ2n) is 8.65. The van der Waals surface area contributed by atoms with Crippen molar-refractivity contribution in [3.05, 3.63) is 23.8 Å². The molecule has 1 aliphatic rings. The van der Waals surface area contributed by atoms with Crippen LogP contribution >= 0.6 is 0 Å². The van der Waals surface area contributed by atoms with Gasteiger partial charge in [0.05, 0.1) is 33.5 Å². The Morgan fingerprint density at radius 2 is 1.84 bits per heavy atom. The maximum atomic E-state index is 12.2. The number of methoxy groups -OCH3 is 2. The molecule has 0 spiro atoms. The summed E-state index contributed by atoms with van der Waals surface area (Å²) in [5.74, 6) is 1.89. The van der Waals surface area contributed by atoms with Crippen LogP contribution in [0.3, 0.4) is 0 Å². The fourth-order valence-corrected chi connectivity index (χ4v) is 3.55. The lowest BCUT2D eigenvalue weighted by atomic mass is 10.0. The molecule has 1 heterocycles. The fourth-order valence-electron chi connectivity index (χ4n) is 3.55. The summed E-state index contributed by atoms with van der Waals surface area (Å²) in [5.41, 5.74) is 0.825. The van der Waals surface area contributed by atoms with Crippen molar-refractivity contribution in [1.29, 1.82) is 0 Å². The van der Waals surface area contributed by atoms with Gasteiger partial charge < -0.3 is 30.2 Å². The van der Waals surface area contributed by atoms with Gasteiger partial charge in [0.25, 0.3) is 0 Å². The summed E-state index contributed by atoms with van der Waals surface area (Å²) in [4.78, 5) is 19.0. The fraction of sp³-hybridized carbons (Fsp3) is 0.652. The van der Waals surface area contributed by atoms with E-state index in [1.54, 1.807) is 14.2 Å². The summed E-state index contributed by atoms with van der Waals surface area (Å²) in [5, 5.41) is 9.56. The molecule has 1 atom stereocenters. The molecule has 9 heteroatoms. The zero-order valence-corrected chi connectivity index (χ0v) is 20.3. The van der Waals surface area contributed by atoms with Gasteiger partial charge in [0, 0.05) is 31.7 Å². The third-order valence-corrected chi connectivity index (χ3v) is 4.98. The Balaban J connectivity index is 2.17. The quantitative estimate of drug-likeness (QED) is 0.389. The van der Waals surface area contributed by atoms with Crippen molar-refractivity contribution in [2.45, 2.75) is 39.3 Å². The number of amides is 1. The van der Waals surface area contributed by atoms with Crippen molar-refractivity contribution < 1.29 is 19.0 Å². The number of aliphatic imine (C=N–C) groups is 1. The Kier molecular flexibility index (Phi) is 10.1. The molecule has 0 aromatic heterocycles. The Morgan fingerprint density at radius 3 is 2.44 bits per heavy atom. The van der Waals surface area contributed by atoms with Crippen LogP contribution in [0.5, 0.6) is 11.5 Å². The average molecular weight is 450 g/mol. The van der Waals surface area contributed by atoms with E-state index >= 15 is 0 Å². The highest BCUT2D eigenvalue weighted by atomic mass is 16.5. The molecular weight excluding hydrogens is 410 g/mol. The molecule has 0 bridgehead atoms. The lowest BCUT2D eigenvalue weighted by Gasteiger charge is -2.35. The van der Waals surface area contributed by atoms with Gasteiger partial charge in [-0.25, -0.2) is 4.99 Å². The summed E-state index contributed by atoms with van der Waals surface area (Å²) in [6.45, 7) is 12.3. The Morgan fingerprint density at radius 1 is 1.16 bits per heavy atom. The minimum atomic E-state index is -0.284. The predicted molar refractivity (Wildman–Crippen MR) is 127 cm³/mol. The first-order chi connectivity index (χ1) is 15.3. The van der Waals surface area contributed by atoms with Gasteiger partial charge in [-0.2, -0.15) is 0 Å². The first kappa shape index (κ1) is 25.7. The summed E-state index contributed by atoms with van der Waals surface area (Å²) in [6, 6.07) is 6.08. The van der Waals surface area contributed by atoms with E-state index in [9.17, 15) is 4.79 Å². The van der Waals surface area contributed by atoms with Crippen molar-refractivity contribution in [1.82, 2.24) is 20.9 Å². The number of hydrogen-bond donors (Lipinski definition) is 3. The summed E-state index contributed by atoms with van der Waals surface area (Å²) in [6.07, 6.45) is 0. The van der Waals surface area contributed by atoms with Crippen LogP contribution in [-0.4, -0.2) is 82.5 Å². The van der Waals surface area contributed by atoms with Gasteiger partial charge in [-0.3, -0.25) is 9.69 Å². The topological polar surface area (TPSA) is 96.5 Å². The van der Waals surface area contributed by atoms with E-state index in [4.69, 9.17) is 14.2 Å². The number of carbonyl (C=O) groups excluding carboxylic acids is 1. The number of nitrogens with one attached hydrogen (secondary N) is 3. The Hall–Kier alpha value is -2.52. The molecule has 1 fully saturated rings. The molecule has 3 N–H and O–H groups in total. The second kappa shape index (κ2) is 12.5. The summed E-state index contributed by atoms with van der Waals surface area (Å²) in [7, 11) is 3.27. The first-order valence-corrected chi connectivity index (χ1v) is 11.1. The van der Waals surface area contributed by atoms with E-state index in [-0.39, 0.29) is 24.0 Å².